The summed E-state index contributed by atoms with van der Waals surface area (Å²) in [5.74, 6) is 1.37. The number of aryl methyl sites for hydroxylation is 1. The largest absolute Gasteiger partial charge is 0.341 e. The van der Waals surface area contributed by atoms with E-state index in [1.54, 1.807) is 6.33 Å². The number of amides is 1. The van der Waals surface area contributed by atoms with Crippen LogP contribution in [-0.2, 0) is 4.79 Å². The molecule has 0 aliphatic carbocycles. The second-order valence-electron chi connectivity index (χ2n) is 7.29. The van der Waals surface area contributed by atoms with Gasteiger partial charge >= 0.3 is 0 Å². The number of hydrogen-bond donors (Lipinski definition) is 0. The minimum absolute atomic E-state index is 0.133. The third-order valence-electron chi connectivity index (χ3n) is 3.80. The summed E-state index contributed by atoms with van der Waals surface area (Å²) >= 11 is 7.63. The first kappa shape index (κ1) is 20.8. The Hall–Kier alpha value is -1.53. The number of carbonyl (C=O) groups excluding carboxylic acids is 1. The molecule has 26 heavy (non-hydrogen) atoms. The fourth-order valence-electron chi connectivity index (χ4n) is 2.61. The molecule has 0 saturated heterocycles. The summed E-state index contributed by atoms with van der Waals surface area (Å²) in [5, 5.41) is 9.54. The van der Waals surface area contributed by atoms with Crippen LogP contribution >= 0.6 is 23.4 Å². The van der Waals surface area contributed by atoms with E-state index in [0.29, 0.717) is 27.8 Å². The minimum atomic E-state index is 0.133. The van der Waals surface area contributed by atoms with Gasteiger partial charge < -0.3 is 4.90 Å². The van der Waals surface area contributed by atoms with Gasteiger partial charge in [0.05, 0.1) is 11.4 Å². The van der Waals surface area contributed by atoms with E-state index in [1.807, 2.05) is 34.6 Å². The SMILES string of the molecule is Cc1ccc(-n2cnnc2SCC(=O)N(CC(C)C)CC(C)C)cc1Cl. The van der Waals surface area contributed by atoms with E-state index in [2.05, 4.69) is 37.9 Å². The highest BCUT2D eigenvalue weighted by atomic mass is 35.5. The standard InChI is InChI=1S/C19H27ClN4OS/c1-13(2)9-23(10-14(3)4)18(25)11-26-19-22-21-12-24(19)16-7-6-15(5)17(20)8-16/h6-8,12-14H,9-11H2,1-5H3. The first-order valence-corrected chi connectivity index (χ1v) is 10.2. The van der Waals surface area contributed by atoms with Crippen LogP contribution in [-0.4, -0.2) is 44.4 Å². The zero-order valence-corrected chi connectivity index (χ0v) is 17.6. The van der Waals surface area contributed by atoms with Crippen molar-refractivity contribution in [1.82, 2.24) is 19.7 Å². The number of hydrogen-bond acceptors (Lipinski definition) is 4. The Labute approximate surface area is 165 Å². The summed E-state index contributed by atoms with van der Waals surface area (Å²) in [6, 6.07) is 5.82. The van der Waals surface area contributed by atoms with Crippen molar-refractivity contribution in [2.24, 2.45) is 11.8 Å². The van der Waals surface area contributed by atoms with Gasteiger partial charge in [0.15, 0.2) is 5.16 Å². The Morgan fingerprint density at radius 3 is 2.46 bits per heavy atom. The zero-order valence-electron chi connectivity index (χ0n) is 16.1. The smallest absolute Gasteiger partial charge is 0.233 e. The Morgan fingerprint density at radius 1 is 1.23 bits per heavy atom. The summed E-state index contributed by atoms with van der Waals surface area (Å²) < 4.78 is 1.86. The molecule has 0 N–H and O–H groups in total. The van der Waals surface area contributed by atoms with Gasteiger partial charge in [-0.15, -0.1) is 10.2 Å². The summed E-state index contributed by atoms with van der Waals surface area (Å²) in [5.41, 5.74) is 1.91. The van der Waals surface area contributed by atoms with Gasteiger partial charge in [0.2, 0.25) is 5.91 Å². The third-order valence-corrected chi connectivity index (χ3v) is 5.13. The molecule has 1 amide bonds. The Morgan fingerprint density at radius 2 is 1.88 bits per heavy atom. The van der Waals surface area contributed by atoms with Gasteiger partial charge in [0.1, 0.15) is 6.33 Å². The first-order chi connectivity index (χ1) is 12.3. The van der Waals surface area contributed by atoms with E-state index in [0.717, 1.165) is 24.3 Å². The maximum atomic E-state index is 12.7. The predicted octanol–water partition coefficient (Wildman–Crippen LogP) is 4.46. The molecular formula is C19H27ClN4OS. The highest BCUT2D eigenvalue weighted by molar-refractivity contribution is 7.99. The highest BCUT2D eigenvalue weighted by Gasteiger charge is 2.18. The van der Waals surface area contributed by atoms with Crippen LogP contribution in [0.2, 0.25) is 5.02 Å². The lowest BCUT2D eigenvalue weighted by Crippen LogP contribution is -2.38. The van der Waals surface area contributed by atoms with Crippen LogP contribution in [0.4, 0.5) is 0 Å². The molecule has 1 aromatic carbocycles. The molecule has 0 atom stereocenters. The summed E-state index contributed by atoms with van der Waals surface area (Å²) in [6.45, 7) is 12.0. The lowest BCUT2D eigenvalue weighted by atomic mass is 10.1. The molecule has 1 aromatic heterocycles. The number of aromatic nitrogens is 3. The van der Waals surface area contributed by atoms with Gasteiger partial charge in [-0.25, -0.2) is 0 Å². The summed E-state index contributed by atoms with van der Waals surface area (Å²) in [7, 11) is 0. The van der Waals surface area contributed by atoms with Crippen molar-refractivity contribution in [3.8, 4) is 5.69 Å². The van der Waals surface area contributed by atoms with Gasteiger partial charge in [-0.05, 0) is 36.5 Å². The van der Waals surface area contributed by atoms with Gasteiger partial charge in [0.25, 0.3) is 0 Å². The van der Waals surface area contributed by atoms with E-state index in [9.17, 15) is 4.79 Å². The molecule has 0 spiro atoms. The van der Waals surface area contributed by atoms with Gasteiger partial charge in [-0.1, -0.05) is 57.1 Å². The molecular weight excluding hydrogens is 368 g/mol. The van der Waals surface area contributed by atoms with Gasteiger partial charge in [0, 0.05) is 18.1 Å². The lowest BCUT2D eigenvalue weighted by molar-refractivity contribution is -0.129. The number of rotatable bonds is 8. The molecule has 0 saturated carbocycles. The number of thioether (sulfide) groups is 1. The van der Waals surface area contributed by atoms with Crippen LogP contribution in [0.15, 0.2) is 29.7 Å². The van der Waals surface area contributed by atoms with Crippen LogP contribution < -0.4 is 0 Å². The van der Waals surface area contributed by atoms with Crippen molar-refractivity contribution in [3.05, 3.63) is 35.1 Å². The fraction of sp³-hybridized carbons (Fsp3) is 0.526. The van der Waals surface area contributed by atoms with Crippen LogP contribution in [0.25, 0.3) is 5.69 Å². The Balaban J connectivity index is 2.08. The van der Waals surface area contributed by atoms with E-state index in [4.69, 9.17) is 11.6 Å². The molecule has 142 valence electrons. The van der Waals surface area contributed by atoms with Crippen LogP contribution in [0.5, 0.6) is 0 Å². The maximum absolute atomic E-state index is 12.7. The van der Waals surface area contributed by atoms with Crippen molar-refractivity contribution >= 4 is 29.3 Å². The molecule has 0 fully saturated rings. The second kappa shape index (κ2) is 9.42. The van der Waals surface area contributed by atoms with Gasteiger partial charge in [-0.3, -0.25) is 9.36 Å². The maximum Gasteiger partial charge on any atom is 0.233 e. The molecule has 7 heteroatoms. The summed E-state index contributed by atoms with van der Waals surface area (Å²) in [6.07, 6.45) is 1.65. The van der Waals surface area contributed by atoms with Crippen molar-refractivity contribution in [3.63, 3.8) is 0 Å². The van der Waals surface area contributed by atoms with E-state index < -0.39 is 0 Å². The number of halogens is 1. The van der Waals surface area contributed by atoms with E-state index in [-0.39, 0.29) is 5.91 Å². The Kier molecular flexibility index (Phi) is 7.53. The zero-order chi connectivity index (χ0) is 19.3. The average molecular weight is 395 g/mol. The van der Waals surface area contributed by atoms with Crippen molar-refractivity contribution in [2.45, 2.75) is 39.8 Å². The molecule has 5 nitrogen and oxygen atoms in total. The highest BCUT2D eigenvalue weighted by Crippen LogP contribution is 2.24. The minimum Gasteiger partial charge on any atom is -0.341 e. The second-order valence-corrected chi connectivity index (χ2v) is 8.64. The number of nitrogens with zero attached hydrogens (tertiary/aromatic N) is 4. The first-order valence-electron chi connectivity index (χ1n) is 8.85. The average Bonchev–Trinajstić information content (AvgIpc) is 3.02. The molecule has 2 rings (SSSR count). The van der Waals surface area contributed by atoms with Crippen molar-refractivity contribution in [1.29, 1.82) is 0 Å². The predicted molar refractivity (Wildman–Crippen MR) is 108 cm³/mol. The molecule has 1 heterocycles. The Bertz CT molecular complexity index is 735. The third kappa shape index (κ3) is 5.74. The monoisotopic (exact) mass is 394 g/mol. The molecule has 0 aliphatic heterocycles. The summed E-state index contributed by atoms with van der Waals surface area (Å²) in [4.78, 5) is 14.6. The lowest BCUT2D eigenvalue weighted by Gasteiger charge is -2.26. The van der Waals surface area contributed by atoms with E-state index >= 15 is 0 Å². The van der Waals surface area contributed by atoms with Gasteiger partial charge in [-0.2, -0.15) is 0 Å². The number of benzene rings is 1. The molecule has 0 unspecified atom stereocenters. The van der Waals surface area contributed by atoms with Crippen molar-refractivity contribution < 1.29 is 4.79 Å². The normalized spacial score (nSPS) is 11.4. The van der Waals surface area contributed by atoms with Crippen LogP contribution in [0.1, 0.15) is 33.3 Å². The quantitative estimate of drug-likeness (QED) is 0.620. The topological polar surface area (TPSA) is 51.0 Å². The van der Waals surface area contributed by atoms with E-state index in [1.165, 1.54) is 11.8 Å². The van der Waals surface area contributed by atoms with Crippen LogP contribution in [0, 0.1) is 18.8 Å². The fourth-order valence-corrected chi connectivity index (χ4v) is 3.62. The molecule has 0 aliphatic rings. The molecule has 2 aromatic rings. The number of carbonyl (C=O) groups is 1. The van der Waals surface area contributed by atoms with Crippen LogP contribution in [0.3, 0.4) is 0 Å². The molecule has 0 bridgehead atoms. The molecule has 0 radical (unpaired) electrons. The van der Waals surface area contributed by atoms with Crippen molar-refractivity contribution in [2.75, 3.05) is 18.8 Å².